The van der Waals surface area contributed by atoms with Gasteiger partial charge in [0.2, 0.25) is 0 Å². The van der Waals surface area contributed by atoms with Gasteiger partial charge in [-0.3, -0.25) is 0 Å². The molecule has 0 atom stereocenters. The second kappa shape index (κ2) is 6.17. The van der Waals surface area contributed by atoms with Gasteiger partial charge in [0.05, 0.1) is 19.3 Å². The Morgan fingerprint density at radius 2 is 2.05 bits per heavy atom. The molecule has 0 amide bonds. The van der Waals surface area contributed by atoms with E-state index in [4.69, 9.17) is 4.74 Å². The number of nitrogens with one attached hydrogen (secondary N) is 1. The first kappa shape index (κ1) is 14.0. The molecular formula is C15H21NO3. The van der Waals surface area contributed by atoms with Crippen molar-refractivity contribution in [2.24, 2.45) is 0 Å². The van der Waals surface area contributed by atoms with Crippen LogP contribution in [0.3, 0.4) is 0 Å². The van der Waals surface area contributed by atoms with Crippen molar-refractivity contribution in [1.29, 1.82) is 0 Å². The fourth-order valence-electron chi connectivity index (χ4n) is 2.71. The summed E-state index contributed by atoms with van der Waals surface area (Å²) in [6, 6.07) is 7.42. The Morgan fingerprint density at radius 1 is 1.37 bits per heavy atom. The van der Waals surface area contributed by atoms with E-state index in [-0.39, 0.29) is 18.1 Å². The highest BCUT2D eigenvalue weighted by molar-refractivity contribution is 5.90. The summed E-state index contributed by atoms with van der Waals surface area (Å²) < 4.78 is 4.78. The summed E-state index contributed by atoms with van der Waals surface area (Å²) in [6.45, 7) is 0.721. The van der Waals surface area contributed by atoms with Gasteiger partial charge in [0.25, 0.3) is 0 Å². The SMILES string of the molecule is COC(=O)c1ccccc1CNC1(CO)CCCC1. The lowest BCUT2D eigenvalue weighted by atomic mass is 9.97. The van der Waals surface area contributed by atoms with Crippen molar-refractivity contribution in [2.45, 2.75) is 37.8 Å². The second-order valence-corrected chi connectivity index (χ2v) is 5.15. The molecule has 1 saturated carbocycles. The van der Waals surface area contributed by atoms with E-state index in [2.05, 4.69) is 5.32 Å². The molecule has 1 aliphatic carbocycles. The molecule has 19 heavy (non-hydrogen) atoms. The lowest BCUT2D eigenvalue weighted by Gasteiger charge is -2.28. The Morgan fingerprint density at radius 3 is 2.68 bits per heavy atom. The molecular weight excluding hydrogens is 242 g/mol. The number of carbonyl (C=O) groups excluding carboxylic acids is 1. The van der Waals surface area contributed by atoms with Crippen molar-refractivity contribution >= 4 is 5.97 Å². The number of ether oxygens (including phenoxy) is 1. The standard InChI is InChI=1S/C15H21NO3/c1-19-14(18)13-7-3-2-6-12(13)10-16-15(11-17)8-4-5-9-15/h2-3,6-7,16-17H,4-5,8-11H2,1H3. The number of hydrogen-bond donors (Lipinski definition) is 2. The number of carbonyl (C=O) groups is 1. The third kappa shape index (κ3) is 3.14. The molecule has 2 N–H and O–H groups in total. The van der Waals surface area contributed by atoms with Crippen molar-refractivity contribution in [2.75, 3.05) is 13.7 Å². The predicted molar refractivity (Wildman–Crippen MR) is 72.9 cm³/mol. The molecule has 0 unspecified atom stereocenters. The Balaban J connectivity index is 2.09. The molecule has 1 aromatic carbocycles. The van der Waals surface area contributed by atoms with E-state index in [1.165, 1.54) is 7.11 Å². The molecule has 0 bridgehead atoms. The number of benzene rings is 1. The third-order valence-electron chi connectivity index (χ3n) is 3.94. The van der Waals surface area contributed by atoms with Crippen molar-refractivity contribution in [3.63, 3.8) is 0 Å². The topological polar surface area (TPSA) is 58.6 Å². The Hall–Kier alpha value is -1.39. The Kier molecular flexibility index (Phi) is 4.56. The maximum atomic E-state index is 11.7. The zero-order chi connectivity index (χ0) is 13.7. The number of esters is 1. The minimum Gasteiger partial charge on any atom is -0.465 e. The maximum Gasteiger partial charge on any atom is 0.338 e. The van der Waals surface area contributed by atoms with E-state index in [0.29, 0.717) is 12.1 Å². The molecule has 2 rings (SSSR count). The molecule has 0 aliphatic heterocycles. The monoisotopic (exact) mass is 263 g/mol. The molecule has 0 spiro atoms. The number of aliphatic hydroxyl groups is 1. The summed E-state index contributed by atoms with van der Waals surface area (Å²) in [6.07, 6.45) is 4.27. The molecule has 1 aliphatic rings. The van der Waals surface area contributed by atoms with Crippen LogP contribution in [0.2, 0.25) is 0 Å². The Labute approximate surface area is 113 Å². The molecule has 0 saturated heterocycles. The van der Waals surface area contributed by atoms with E-state index >= 15 is 0 Å². The van der Waals surface area contributed by atoms with Crippen LogP contribution in [-0.4, -0.2) is 30.3 Å². The van der Waals surface area contributed by atoms with Crippen LogP contribution in [0.25, 0.3) is 0 Å². The van der Waals surface area contributed by atoms with Crippen molar-refractivity contribution in [3.05, 3.63) is 35.4 Å². The summed E-state index contributed by atoms with van der Waals surface area (Å²) in [5, 5.41) is 13.0. The minimum atomic E-state index is -0.318. The molecule has 0 radical (unpaired) electrons. The van der Waals surface area contributed by atoms with Gasteiger partial charge in [-0.25, -0.2) is 4.79 Å². The lowest BCUT2D eigenvalue weighted by molar-refractivity contribution is 0.0599. The van der Waals surface area contributed by atoms with E-state index in [0.717, 1.165) is 31.2 Å². The van der Waals surface area contributed by atoms with Crippen molar-refractivity contribution in [3.8, 4) is 0 Å². The summed E-state index contributed by atoms with van der Waals surface area (Å²) in [5.74, 6) is -0.318. The largest absolute Gasteiger partial charge is 0.465 e. The van der Waals surface area contributed by atoms with Gasteiger partial charge in [0, 0.05) is 12.1 Å². The van der Waals surface area contributed by atoms with Crippen molar-refractivity contribution in [1.82, 2.24) is 5.32 Å². The quantitative estimate of drug-likeness (QED) is 0.796. The van der Waals surface area contributed by atoms with E-state index in [1.807, 2.05) is 18.2 Å². The average molecular weight is 263 g/mol. The summed E-state index contributed by atoms with van der Waals surface area (Å²) >= 11 is 0. The van der Waals surface area contributed by atoms with Gasteiger partial charge in [-0.1, -0.05) is 31.0 Å². The first-order valence-corrected chi connectivity index (χ1v) is 6.73. The van der Waals surface area contributed by atoms with Gasteiger partial charge in [-0.2, -0.15) is 0 Å². The van der Waals surface area contributed by atoms with Crippen LogP contribution in [0.15, 0.2) is 24.3 Å². The summed E-state index contributed by atoms with van der Waals surface area (Å²) in [4.78, 5) is 11.7. The van der Waals surface area contributed by atoms with Gasteiger partial charge in [-0.15, -0.1) is 0 Å². The second-order valence-electron chi connectivity index (χ2n) is 5.15. The lowest BCUT2D eigenvalue weighted by Crippen LogP contribution is -2.45. The molecule has 0 aromatic heterocycles. The highest BCUT2D eigenvalue weighted by Crippen LogP contribution is 2.29. The molecule has 4 nitrogen and oxygen atoms in total. The fraction of sp³-hybridized carbons (Fsp3) is 0.533. The number of methoxy groups -OCH3 is 1. The van der Waals surface area contributed by atoms with E-state index < -0.39 is 0 Å². The first-order valence-electron chi connectivity index (χ1n) is 6.73. The van der Waals surface area contributed by atoms with Gasteiger partial charge < -0.3 is 15.2 Å². The maximum absolute atomic E-state index is 11.7. The molecule has 1 aromatic rings. The van der Waals surface area contributed by atoms with Crippen LogP contribution in [-0.2, 0) is 11.3 Å². The van der Waals surface area contributed by atoms with Crippen LogP contribution in [0.1, 0.15) is 41.6 Å². The van der Waals surface area contributed by atoms with Crippen LogP contribution < -0.4 is 5.32 Å². The number of rotatable bonds is 5. The van der Waals surface area contributed by atoms with Crippen LogP contribution in [0, 0.1) is 0 Å². The van der Waals surface area contributed by atoms with Crippen molar-refractivity contribution < 1.29 is 14.6 Å². The average Bonchev–Trinajstić information content (AvgIpc) is 2.94. The minimum absolute atomic E-state index is 0.146. The smallest absolute Gasteiger partial charge is 0.338 e. The predicted octanol–water partition coefficient (Wildman–Crippen LogP) is 1.87. The van der Waals surface area contributed by atoms with Gasteiger partial charge in [-0.05, 0) is 24.5 Å². The van der Waals surface area contributed by atoms with Gasteiger partial charge in [0.1, 0.15) is 0 Å². The zero-order valence-corrected chi connectivity index (χ0v) is 11.3. The molecule has 104 valence electrons. The molecule has 4 heteroatoms. The van der Waals surface area contributed by atoms with E-state index in [1.54, 1.807) is 6.07 Å². The summed E-state index contributed by atoms with van der Waals surface area (Å²) in [5.41, 5.74) is 1.32. The highest BCUT2D eigenvalue weighted by atomic mass is 16.5. The van der Waals surface area contributed by atoms with Crippen LogP contribution >= 0.6 is 0 Å². The van der Waals surface area contributed by atoms with Crippen LogP contribution in [0.4, 0.5) is 0 Å². The number of hydrogen-bond acceptors (Lipinski definition) is 4. The first-order chi connectivity index (χ1) is 9.21. The van der Waals surface area contributed by atoms with Gasteiger partial charge >= 0.3 is 5.97 Å². The molecule has 1 fully saturated rings. The van der Waals surface area contributed by atoms with Crippen LogP contribution in [0.5, 0.6) is 0 Å². The normalized spacial score (nSPS) is 17.4. The zero-order valence-electron chi connectivity index (χ0n) is 11.3. The third-order valence-corrected chi connectivity index (χ3v) is 3.94. The van der Waals surface area contributed by atoms with Gasteiger partial charge in [0.15, 0.2) is 0 Å². The highest BCUT2D eigenvalue weighted by Gasteiger charge is 2.32. The summed E-state index contributed by atoms with van der Waals surface area (Å²) in [7, 11) is 1.39. The number of aliphatic hydroxyl groups excluding tert-OH is 1. The van der Waals surface area contributed by atoms with E-state index in [9.17, 15) is 9.90 Å². The fourth-order valence-corrected chi connectivity index (χ4v) is 2.71. The Bertz CT molecular complexity index is 439. The molecule has 0 heterocycles.